The summed E-state index contributed by atoms with van der Waals surface area (Å²) in [6.07, 6.45) is 3.94. The Balaban J connectivity index is 2.02. The summed E-state index contributed by atoms with van der Waals surface area (Å²) in [5, 5.41) is 8.38. The van der Waals surface area contributed by atoms with Gasteiger partial charge < -0.3 is 5.32 Å². The summed E-state index contributed by atoms with van der Waals surface area (Å²) in [6, 6.07) is 6.09. The van der Waals surface area contributed by atoms with Gasteiger partial charge in [0.1, 0.15) is 0 Å². The maximum absolute atomic E-state index is 5.90. The van der Waals surface area contributed by atoms with E-state index in [9.17, 15) is 0 Å². The van der Waals surface area contributed by atoms with E-state index < -0.39 is 0 Å². The molecular formula is C13H15BrClN3. The highest BCUT2D eigenvalue weighted by atomic mass is 79.9. The first-order chi connectivity index (χ1) is 8.56. The fourth-order valence-electron chi connectivity index (χ4n) is 1.58. The molecule has 0 amide bonds. The maximum Gasteiger partial charge on any atom is 0.0539 e. The number of rotatable bonds is 4. The third-order valence-corrected chi connectivity index (χ3v) is 3.49. The number of benzene rings is 1. The van der Waals surface area contributed by atoms with Crippen LogP contribution in [0.1, 0.15) is 25.5 Å². The van der Waals surface area contributed by atoms with E-state index in [0.29, 0.717) is 6.04 Å². The fraction of sp³-hybridized carbons (Fsp3) is 0.308. The molecule has 0 atom stereocenters. The van der Waals surface area contributed by atoms with E-state index in [2.05, 4.69) is 46.4 Å². The Labute approximate surface area is 120 Å². The number of hydrogen-bond acceptors (Lipinski definition) is 2. The van der Waals surface area contributed by atoms with Gasteiger partial charge in [-0.1, -0.05) is 11.6 Å². The molecule has 1 aromatic heterocycles. The number of halogens is 2. The van der Waals surface area contributed by atoms with E-state index in [4.69, 9.17) is 11.6 Å². The molecule has 0 aliphatic carbocycles. The maximum atomic E-state index is 5.90. The van der Waals surface area contributed by atoms with Gasteiger partial charge in [0.15, 0.2) is 0 Å². The van der Waals surface area contributed by atoms with Crippen molar-refractivity contribution in [2.45, 2.75) is 26.4 Å². The van der Waals surface area contributed by atoms with Crippen molar-refractivity contribution in [3.05, 3.63) is 45.7 Å². The molecule has 18 heavy (non-hydrogen) atoms. The zero-order valence-corrected chi connectivity index (χ0v) is 12.7. The summed E-state index contributed by atoms with van der Waals surface area (Å²) in [6.45, 7) is 4.97. The summed E-state index contributed by atoms with van der Waals surface area (Å²) >= 11 is 9.38. The molecule has 0 aliphatic rings. The van der Waals surface area contributed by atoms with Gasteiger partial charge in [-0.25, -0.2) is 0 Å². The average molecular weight is 329 g/mol. The van der Waals surface area contributed by atoms with Crippen LogP contribution in [0.2, 0.25) is 5.02 Å². The summed E-state index contributed by atoms with van der Waals surface area (Å²) in [5.41, 5.74) is 2.18. The minimum absolute atomic E-state index is 0.390. The van der Waals surface area contributed by atoms with Gasteiger partial charge in [0.05, 0.1) is 6.20 Å². The van der Waals surface area contributed by atoms with Gasteiger partial charge >= 0.3 is 0 Å². The van der Waals surface area contributed by atoms with E-state index in [0.717, 1.165) is 27.3 Å². The highest BCUT2D eigenvalue weighted by molar-refractivity contribution is 9.10. The third-order valence-electron chi connectivity index (χ3n) is 2.60. The Morgan fingerprint density at radius 3 is 2.83 bits per heavy atom. The second kappa shape index (κ2) is 5.76. The predicted octanol–water partition coefficient (Wildman–Crippen LogP) is 4.49. The molecule has 0 bridgehead atoms. The van der Waals surface area contributed by atoms with Crippen LogP contribution in [0.3, 0.4) is 0 Å². The molecule has 2 aromatic rings. The molecule has 0 radical (unpaired) electrons. The molecule has 0 unspecified atom stereocenters. The monoisotopic (exact) mass is 327 g/mol. The molecule has 2 rings (SSSR count). The van der Waals surface area contributed by atoms with Crippen LogP contribution < -0.4 is 5.32 Å². The Bertz CT molecular complexity index is 537. The van der Waals surface area contributed by atoms with Crippen LogP contribution in [0.15, 0.2) is 35.1 Å². The minimum Gasteiger partial charge on any atom is -0.380 e. The molecule has 0 fully saturated rings. The molecule has 1 heterocycles. The standard InChI is InChI=1S/C13H15BrClN3/c1-9(2)18-8-10(7-17-18)6-16-13-4-3-11(15)5-12(13)14/h3-5,7-9,16H,6H2,1-2H3. The fourth-order valence-corrected chi connectivity index (χ4v) is 2.40. The summed E-state index contributed by atoms with van der Waals surface area (Å²) in [5.74, 6) is 0. The SMILES string of the molecule is CC(C)n1cc(CNc2ccc(Cl)cc2Br)cn1. The van der Waals surface area contributed by atoms with Gasteiger partial charge in [-0.2, -0.15) is 5.10 Å². The molecule has 0 aliphatic heterocycles. The second-order valence-corrected chi connectivity index (χ2v) is 5.69. The summed E-state index contributed by atoms with van der Waals surface area (Å²) < 4.78 is 2.92. The smallest absolute Gasteiger partial charge is 0.0539 e. The van der Waals surface area contributed by atoms with Gasteiger partial charge in [-0.05, 0) is 48.0 Å². The highest BCUT2D eigenvalue weighted by Crippen LogP contribution is 2.26. The molecule has 0 saturated carbocycles. The second-order valence-electron chi connectivity index (χ2n) is 4.40. The van der Waals surface area contributed by atoms with Crippen LogP contribution in [0.4, 0.5) is 5.69 Å². The normalized spacial score (nSPS) is 10.9. The Morgan fingerprint density at radius 2 is 2.22 bits per heavy atom. The van der Waals surface area contributed by atoms with Crippen molar-refractivity contribution < 1.29 is 0 Å². The quantitative estimate of drug-likeness (QED) is 0.896. The summed E-state index contributed by atoms with van der Waals surface area (Å²) in [7, 11) is 0. The first-order valence-corrected chi connectivity index (χ1v) is 6.95. The van der Waals surface area contributed by atoms with Crippen molar-refractivity contribution in [3.8, 4) is 0 Å². The van der Waals surface area contributed by atoms with Gasteiger partial charge in [-0.3, -0.25) is 4.68 Å². The zero-order valence-electron chi connectivity index (χ0n) is 10.3. The van der Waals surface area contributed by atoms with Crippen LogP contribution in [-0.2, 0) is 6.54 Å². The predicted molar refractivity (Wildman–Crippen MR) is 79.1 cm³/mol. The lowest BCUT2D eigenvalue weighted by atomic mass is 10.3. The van der Waals surface area contributed by atoms with Crippen LogP contribution in [0.5, 0.6) is 0 Å². The van der Waals surface area contributed by atoms with Gasteiger partial charge in [0.2, 0.25) is 0 Å². The molecule has 0 saturated heterocycles. The van der Waals surface area contributed by atoms with Crippen molar-refractivity contribution in [2.24, 2.45) is 0 Å². The minimum atomic E-state index is 0.390. The van der Waals surface area contributed by atoms with Crippen molar-refractivity contribution in [3.63, 3.8) is 0 Å². The first kappa shape index (κ1) is 13.4. The lowest BCUT2D eigenvalue weighted by Crippen LogP contribution is -2.01. The van der Waals surface area contributed by atoms with E-state index in [-0.39, 0.29) is 0 Å². The third kappa shape index (κ3) is 3.27. The van der Waals surface area contributed by atoms with Crippen molar-refractivity contribution in [1.82, 2.24) is 9.78 Å². The lowest BCUT2D eigenvalue weighted by molar-refractivity contribution is 0.532. The van der Waals surface area contributed by atoms with Crippen LogP contribution in [0, 0.1) is 0 Å². The Hall–Kier alpha value is -1.00. The molecule has 96 valence electrons. The van der Waals surface area contributed by atoms with Crippen molar-refractivity contribution >= 4 is 33.2 Å². The van der Waals surface area contributed by atoms with Crippen LogP contribution in [-0.4, -0.2) is 9.78 Å². The van der Waals surface area contributed by atoms with Crippen molar-refractivity contribution in [1.29, 1.82) is 0 Å². The van der Waals surface area contributed by atoms with Gasteiger partial charge in [-0.15, -0.1) is 0 Å². The Kier molecular flexibility index (Phi) is 4.30. The number of aromatic nitrogens is 2. The largest absolute Gasteiger partial charge is 0.380 e. The molecule has 0 spiro atoms. The van der Waals surface area contributed by atoms with E-state index in [1.54, 1.807) is 0 Å². The number of nitrogens with one attached hydrogen (secondary N) is 1. The van der Waals surface area contributed by atoms with Crippen LogP contribution in [0.25, 0.3) is 0 Å². The molecule has 1 aromatic carbocycles. The number of anilines is 1. The van der Waals surface area contributed by atoms with E-state index in [1.807, 2.05) is 29.1 Å². The van der Waals surface area contributed by atoms with Gasteiger partial charge in [0.25, 0.3) is 0 Å². The van der Waals surface area contributed by atoms with E-state index in [1.165, 1.54) is 0 Å². The summed E-state index contributed by atoms with van der Waals surface area (Å²) in [4.78, 5) is 0. The van der Waals surface area contributed by atoms with Gasteiger partial charge in [0, 0.05) is 39.5 Å². The molecular weight excluding hydrogens is 314 g/mol. The van der Waals surface area contributed by atoms with E-state index >= 15 is 0 Å². The zero-order chi connectivity index (χ0) is 13.1. The number of nitrogens with zero attached hydrogens (tertiary/aromatic N) is 2. The first-order valence-electron chi connectivity index (χ1n) is 5.78. The molecule has 3 nitrogen and oxygen atoms in total. The lowest BCUT2D eigenvalue weighted by Gasteiger charge is -2.07. The number of hydrogen-bond donors (Lipinski definition) is 1. The highest BCUT2D eigenvalue weighted by Gasteiger charge is 2.03. The molecule has 5 heteroatoms. The van der Waals surface area contributed by atoms with Crippen LogP contribution >= 0.6 is 27.5 Å². The average Bonchev–Trinajstić information content (AvgIpc) is 2.76. The molecule has 1 N–H and O–H groups in total. The topological polar surface area (TPSA) is 29.9 Å². The Morgan fingerprint density at radius 1 is 1.44 bits per heavy atom. The van der Waals surface area contributed by atoms with Crippen molar-refractivity contribution in [2.75, 3.05) is 5.32 Å².